The highest BCUT2D eigenvalue weighted by Crippen LogP contribution is 2.45. The molecule has 6 heteroatoms. The predicted molar refractivity (Wildman–Crippen MR) is 136 cm³/mol. The largest absolute Gasteiger partial charge is 0.507 e. The Morgan fingerprint density at radius 3 is 2.09 bits per heavy atom. The van der Waals surface area contributed by atoms with Crippen molar-refractivity contribution in [3.05, 3.63) is 93.6 Å². The lowest BCUT2D eigenvalue weighted by Gasteiger charge is -2.27. The molecule has 1 aliphatic rings. The topological polar surface area (TPSA) is 76.1 Å². The van der Waals surface area contributed by atoms with Crippen LogP contribution in [0.4, 0.5) is 5.69 Å². The number of ether oxygens (including phenoxy) is 2. The summed E-state index contributed by atoms with van der Waals surface area (Å²) in [6.45, 7) is 7.57. The van der Waals surface area contributed by atoms with E-state index in [-0.39, 0.29) is 11.3 Å². The molecule has 180 valence electrons. The standard InChI is InChI=1S/C29H29NO5/c1-16-11-17(2)13-20(12-16)30-26(21-9-7-8-10-23(21)34-5)25(28(32)29(30)33)27(31)22-14-19(4)24(35-6)15-18(22)3/h7-15,26,31H,1-6H3/b27-25+. The second-order valence-corrected chi connectivity index (χ2v) is 8.89. The van der Waals surface area contributed by atoms with Gasteiger partial charge < -0.3 is 14.6 Å². The maximum Gasteiger partial charge on any atom is 0.300 e. The van der Waals surface area contributed by atoms with Crippen molar-refractivity contribution in [2.75, 3.05) is 19.1 Å². The Bertz CT molecular complexity index is 1350. The fraction of sp³-hybridized carbons (Fsp3) is 0.241. The molecule has 3 aromatic carbocycles. The van der Waals surface area contributed by atoms with Gasteiger partial charge in [-0.3, -0.25) is 14.5 Å². The monoisotopic (exact) mass is 471 g/mol. The highest BCUT2D eigenvalue weighted by Gasteiger charge is 2.48. The van der Waals surface area contributed by atoms with Crippen molar-refractivity contribution in [2.45, 2.75) is 33.7 Å². The summed E-state index contributed by atoms with van der Waals surface area (Å²) in [5, 5.41) is 11.5. The number of Topliss-reactive ketones (excluding diaryl/α,β-unsaturated/α-hetero) is 1. The molecule has 0 aliphatic carbocycles. The average molecular weight is 472 g/mol. The minimum atomic E-state index is -0.867. The molecular formula is C29H29NO5. The van der Waals surface area contributed by atoms with Gasteiger partial charge in [0.2, 0.25) is 0 Å². The number of hydrogen-bond donors (Lipinski definition) is 1. The number of carbonyl (C=O) groups excluding carboxylic acids is 2. The van der Waals surface area contributed by atoms with Crippen LogP contribution in [0.25, 0.3) is 5.76 Å². The van der Waals surface area contributed by atoms with Gasteiger partial charge in [0.1, 0.15) is 17.3 Å². The van der Waals surface area contributed by atoms with E-state index in [4.69, 9.17) is 9.47 Å². The van der Waals surface area contributed by atoms with Crippen LogP contribution in [0, 0.1) is 27.7 Å². The first-order valence-corrected chi connectivity index (χ1v) is 11.4. The van der Waals surface area contributed by atoms with Crippen molar-refractivity contribution in [2.24, 2.45) is 0 Å². The molecule has 0 radical (unpaired) electrons. The van der Waals surface area contributed by atoms with Gasteiger partial charge in [-0.25, -0.2) is 0 Å². The summed E-state index contributed by atoms with van der Waals surface area (Å²) in [7, 11) is 3.12. The van der Waals surface area contributed by atoms with Gasteiger partial charge in [-0.15, -0.1) is 0 Å². The smallest absolute Gasteiger partial charge is 0.300 e. The van der Waals surface area contributed by atoms with Crippen LogP contribution in [-0.4, -0.2) is 31.0 Å². The zero-order valence-electron chi connectivity index (χ0n) is 20.8. The van der Waals surface area contributed by atoms with E-state index in [2.05, 4.69) is 0 Å². The lowest BCUT2D eigenvalue weighted by atomic mass is 9.92. The van der Waals surface area contributed by atoms with Crippen molar-refractivity contribution in [3.63, 3.8) is 0 Å². The molecule has 1 saturated heterocycles. The van der Waals surface area contributed by atoms with Crippen LogP contribution in [0.2, 0.25) is 0 Å². The van der Waals surface area contributed by atoms with Crippen molar-refractivity contribution >= 4 is 23.1 Å². The van der Waals surface area contributed by atoms with E-state index in [0.717, 1.165) is 22.3 Å². The summed E-state index contributed by atoms with van der Waals surface area (Å²) in [6, 6.07) is 15.7. The van der Waals surface area contributed by atoms with Crippen molar-refractivity contribution in [1.82, 2.24) is 0 Å². The van der Waals surface area contributed by atoms with Crippen LogP contribution in [0.3, 0.4) is 0 Å². The van der Waals surface area contributed by atoms with Gasteiger partial charge in [0.15, 0.2) is 0 Å². The maximum atomic E-state index is 13.5. The summed E-state index contributed by atoms with van der Waals surface area (Å²) >= 11 is 0. The zero-order chi connectivity index (χ0) is 25.4. The lowest BCUT2D eigenvalue weighted by Crippen LogP contribution is -2.29. The summed E-state index contributed by atoms with van der Waals surface area (Å²) < 4.78 is 11.0. The number of aliphatic hydroxyl groups excluding tert-OH is 1. The first-order chi connectivity index (χ1) is 16.7. The molecule has 3 aromatic rings. The van der Waals surface area contributed by atoms with Crippen LogP contribution in [0.15, 0.2) is 60.2 Å². The number of aryl methyl sites for hydroxylation is 4. The molecule has 6 nitrogen and oxygen atoms in total. The van der Waals surface area contributed by atoms with E-state index in [1.165, 1.54) is 4.90 Å². The molecule has 35 heavy (non-hydrogen) atoms. The van der Waals surface area contributed by atoms with E-state index in [9.17, 15) is 14.7 Å². The highest BCUT2D eigenvalue weighted by molar-refractivity contribution is 6.51. The van der Waals surface area contributed by atoms with Gasteiger partial charge in [-0.05, 0) is 80.3 Å². The Hall–Kier alpha value is -4.06. The highest BCUT2D eigenvalue weighted by atomic mass is 16.5. The van der Waals surface area contributed by atoms with E-state index in [1.807, 2.05) is 70.2 Å². The summed E-state index contributed by atoms with van der Waals surface area (Å²) in [4.78, 5) is 28.4. The molecule has 0 bridgehead atoms. The number of ketones is 1. The van der Waals surface area contributed by atoms with Gasteiger partial charge in [0.25, 0.3) is 11.7 Å². The number of rotatable bonds is 5. The first kappa shape index (κ1) is 24.1. The third-order valence-corrected chi connectivity index (χ3v) is 6.36. The Morgan fingerprint density at radius 1 is 0.829 bits per heavy atom. The van der Waals surface area contributed by atoms with Gasteiger partial charge >= 0.3 is 0 Å². The fourth-order valence-electron chi connectivity index (χ4n) is 4.78. The van der Waals surface area contributed by atoms with Crippen molar-refractivity contribution in [3.8, 4) is 11.5 Å². The van der Waals surface area contributed by atoms with Crippen LogP contribution in [-0.2, 0) is 9.59 Å². The minimum absolute atomic E-state index is 0.0197. The number of carbonyl (C=O) groups is 2. The van der Waals surface area contributed by atoms with Crippen LogP contribution >= 0.6 is 0 Å². The molecule has 1 N–H and O–H groups in total. The summed E-state index contributed by atoms with van der Waals surface area (Å²) in [5.74, 6) is -0.478. The summed E-state index contributed by atoms with van der Waals surface area (Å²) in [5.41, 5.74) is 5.14. The first-order valence-electron chi connectivity index (χ1n) is 11.4. The number of nitrogens with zero attached hydrogens (tertiary/aromatic N) is 1. The number of aliphatic hydroxyl groups is 1. The number of hydrogen-bond acceptors (Lipinski definition) is 5. The number of benzene rings is 3. The Morgan fingerprint density at radius 2 is 1.46 bits per heavy atom. The maximum absolute atomic E-state index is 13.5. The van der Waals surface area contributed by atoms with Crippen LogP contribution in [0.5, 0.6) is 11.5 Å². The minimum Gasteiger partial charge on any atom is -0.507 e. The molecule has 4 rings (SSSR count). The van der Waals surface area contributed by atoms with E-state index in [0.29, 0.717) is 28.3 Å². The fourth-order valence-corrected chi connectivity index (χ4v) is 4.78. The molecule has 1 atom stereocenters. The van der Waals surface area contributed by atoms with Gasteiger partial charge in [-0.1, -0.05) is 24.3 Å². The van der Waals surface area contributed by atoms with Gasteiger partial charge in [0.05, 0.1) is 25.8 Å². The van der Waals surface area contributed by atoms with Gasteiger partial charge in [-0.2, -0.15) is 0 Å². The normalized spacial score (nSPS) is 17.1. The van der Waals surface area contributed by atoms with Crippen molar-refractivity contribution in [1.29, 1.82) is 0 Å². The van der Waals surface area contributed by atoms with E-state index < -0.39 is 17.7 Å². The number of methoxy groups -OCH3 is 2. The second kappa shape index (κ2) is 9.29. The lowest BCUT2D eigenvalue weighted by molar-refractivity contribution is -0.132. The summed E-state index contributed by atoms with van der Waals surface area (Å²) in [6.07, 6.45) is 0. The van der Waals surface area contributed by atoms with E-state index >= 15 is 0 Å². The third-order valence-electron chi connectivity index (χ3n) is 6.36. The Kier molecular flexibility index (Phi) is 6.39. The molecule has 1 aliphatic heterocycles. The number of para-hydroxylation sites is 1. The Balaban J connectivity index is 2.03. The molecule has 1 heterocycles. The molecule has 1 amide bonds. The molecule has 1 unspecified atom stereocenters. The van der Waals surface area contributed by atoms with Crippen molar-refractivity contribution < 1.29 is 24.2 Å². The predicted octanol–water partition coefficient (Wildman–Crippen LogP) is 5.56. The molecule has 0 saturated carbocycles. The quantitative estimate of drug-likeness (QED) is 0.299. The molecule has 0 aromatic heterocycles. The second-order valence-electron chi connectivity index (χ2n) is 8.89. The Labute approximate surface area is 205 Å². The number of amides is 1. The van der Waals surface area contributed by atoms with E-state index in [1.54, 1.807) is 26.4 Å². The van der Waals surface area contributed by atoms with Crippen LogP contribution in [0.1, 0.15) is 39.4 Å². The SMILES string of the molecule is COc1cc(C)c(/C(O)=C2\C(=O)C(=O)N(c3cc(C)cc(C)c3)C2c2ccccc2OC)cc1C. The van der Waals surface area contributed by atoms with Crippen LogP contribution < -0.4 is 14.4 Å². The van der Waals surface area contributed by atoms with Gasteiger partial charge in [0, 0.05) is 16.8 Å². The number of anilines is 1. The zero-order valence-corrected chi connectivity index (χ0v) is 20.8. The molecule has 0 spiro atoms. The average Bonchev–Trinajstić information content (AvgIpc) is 3.09. The molecular weight excluding hydrogens is 442 g/mol. The molecule has 1 fully saturated rings. The third kappa shape index (κ3) is 4.16.